The van der Waals surface area contributed by atoms with E-state index in [0.717, 1.165) is 22.3 Å². The van der Waals surface area contributed by atoms with Gasteiger partial charge in [-0.3, -0.25) is 0 Å². The average Bonchev–Trinajstić information content (AvgIpc) is 2.30. The van der Waals surface area contributed by atoms with Gasteiger partial charge in [-0.25, -0.2) is 0 Å². The Morgan fingerprint density at radius 2 is 1.38 bits per heavy atom. The molecule has 1 nitrogen and oxygen atoms in total. The van der Waals surface area contributed by atoms with Crippen LogP contribution < -0.4 is 0 Å². The summed E-state index contributed by atoms with van der Waals surface area (Å²) in [5, 5.41) is 10.4. The SMILES string of the molecule is Cc1cccc(C)c1C(O)c1ccccc1. The Balaban J connectivity index is 2.46. The lowest BCUT2D eigenvalue weighted by molar-refractivity contribution is 0.219. The molecule has 0 heterocycles. The molecule has 0 aliphatic carbocycles. The quantitative estimate of drug-likeness (QED) is 0.809. The number of hydrogen-bond acceptors (Lipinski definition) is 1. The number of aliphatic hydroxyl groups is 1. The Morgan fingerprint density at radius 1 is 0.812 bits per heavy atom. The van der Waals surface area contributed by atoms with Gasteiger partial charge in [-0.1, -0.05) is 48.5 Å². The van der Waals surface area contributed by atoms with Crippen molar-refractivity contribution in [2.45, 2.75) is 20.0 Å². The van der Waals surface area contributed by atoms with E-state index in [9.17, 15) is 5.11 Å². The summed E-state index contributed by atoms with van der Waals surface area (Å²) in [6.45, 7) is 4.07. The minimum absolute atomic E-state index is 0.526. The molecule has 0 fully saturated rings. The van der Waals surface area contributed by atoms with E-state index in [1.807, 2.05) is 62.4 Å². The molecule has 0 saturated carbocycles. The molecule has 0 bridgehead atoms. The maximum atomic E-state index is 10.4. The van der Waals surface area contributed by atoms with Gasteiger partial charge in [0.1, 0.15) is 6.10 Å². The molecule has 2 rings (SSSR count). The molecule has 82 valence electrons. The minimum atomic E-state index is -0.526. The predicted octanol–water partition coefficient (Wildman–Crippen LogP) is 3.39. The van der Waals surface area contributed by atoms with Crippen molar-refractivity contribution >= 4 is 0 Å². The second-order valence-electron chi connectivity index (χ2n) is 4.12. The van der Waals surface area contributed by atoms with Gasteiger partial charge in [-0.15, -0.1) is 0 Å². The molecule has 0 aliphatic rings. The molecule has 16 heavy (non-hydrogen) atoms. The first kappa shape index (κ1) is 10.9. The lowest BCUT2D eigenvalue weighted by atomic mass is 9.94. The minimum Gasteiger partial charge on any atom is -0.384 e. The van der Waals surface area contributed by atoms with E-state index < -0.39 is 6.10 Å². The summed E-state index contributed by atoms with van der Waals surface area (Å²) in [5.74, 6) is 0. The smallest absolute Gasteiger partial charge is 0.105 e. The summed E-state index contributed by atoms with van der Waals surface area (Å²) in [7, 11) is 0. The van der Waals surface area contributed by atoms with Crippen LogP contribution in [0.5, 0.6) is 0 Å². The van der Waals surface area contributed by atoms with E-state index in [1.54, 1.807) is 0 Å². The van der Waals surface area contributed by atoms with Crippen LogP contribution in [0.25, 0.3) is 0 Å². The van der Waals surface area contributed by atoms with Crippen molar-refractivity contribution in [3.05, 3.63) is 70.8 Å². The summed E-state index contributed by atoms with van der Waals surface area (Å²) >= 11 is 0. The van der Waals surface area contributed by atoms with Crippen molar-refractivity contribution in [1.82, 2.24) is 0 Å². The van der Waals surface area contributed by atoms with Gasteiger partial charge in [-0.05, 0) is 36.1 Å². The van der Waals surface area contributed by atoms with Crippen LogP contribution in [0, 0.1) is 13.8 Å². The van der Waals surface area contributed by atoms with Crippen LogP contribution in [0.3, 0.4) is 0 Å². The van der Waals surface area contributed by atoms with Crippen LogP contribution in [0.2, 0.25) is 0 Å². The molecule has 2 aromatic rings. The molecular weight excluding hydrogens is 196 g/mol. The molecule has 1 heteroatoms. The van der Waals surface area contributed by atoms with Crippen LogP contribution in [-0.2, 0) is 0 Å². The van der Waals surface area contributed by atoms with E-state index in [4.69, 9.17) is 0 Å². The fourth-order valence-electron chi connectivity index (χ4n) is 2.06. The van der Waals surface area contributed by atoms with Gasteiger partial charge in [0, 0.05) is 0 Å². The molecule has 0 amide bonds. The maximum Gasteiger partial charge on any atom is 0.105 e. The Morgan fingerprint density at radius 3 is 1.94 bits per heavy atom. The highest BCUT2D eigenvalue weighted by atomic mass is 16.3. The zero-order valence-corrected chi connectivity index (χ0v) is 9.64. The topological polar surface area (TPSA) is 20.2 Å². The highest BCUT2D eigenvalue weighted by Crippen LogP contribution is 2.27. The third-order valence-corrected chi connectivity index (χ3v) is 2.93. The molecule has 1 unspecified atom stereocenters. The van der Waals surface area contributed by atoms with Crippen molar-refractivity contribution in [2.75, 3.05) is 0 Å². The number of rotatable bonds is 2. The highest BCUT2D eigenvalue weighted by Gasteiger charge is 2.14. The van der Waals surface area contributed by atoms with Crippen molar-refractivity contribution in [3.63, 3.8) is 0 Å². The Labute approximate surface area is 96.4 Å². The van der Waals surface area contributed by atoms with Crippen LogP contribution in [0.15, 0.2) is 48.5 Å². The molecule has 2 aromatic carbocycles. The monoisotopic (exact) mass is 212 g/mol. The lowest BCUT2D eigenvalue weighted by Gasteiger charge is -2.16. The summed E-state index contributed by atoms with van der Waals surface area (Å²) in [5.41, 5.74) is 4.24. The number of benzene rings is 2. The molecule has 0 radical (unpaired) electrons. The van der Waals surface area contributed by atoms with E-state index in [-0.39, 0.29) is 0 Å². The average molecular weight is 212 g/mol. The lowest BCUT2D eigenvalue weighted by Crippen LogP contribution is -2.04. The first-order valence-electron chi connectivity index (χ1n) is 5.49. The highest BCUT2D eigenvalue weighted by molar-refractivity contribution is 5.40. The van der Waals surface area contributed by atoms with E-state index >= 15 is 0 Å². The van der Waals surface area contributed by atoms with Gasteiger partial charge in [-0.2, -0.15) is 0 Å². The van der Waals surface area contributed by atoms with Gasteiger partial charge in [0.25, 0.3) is 0 Å². The molecule has 0 saturated heterocycles. The van der Waals surface area contributed by atoms with E-state index in [1.165, 1.54) is 0 Å². The van der Waals surface area contributed by atoms with Gasteiger partial charge >= 0.3 is 0 Å². The van der Waals surface area contributed by atoms with Crippen molar-refractivity contribution in [2.24, 2.45) is 0 Å². The zero-order valence-electron chi connectivity index (χ0n) is 9.64. The third kappa shape index (κ3) is 2.00. The van der Waals surface area contributed by atoms with Gasteiger partial charge in [0.15, 0.2) is 0 Å². The van der Waals surface area contributed by atoms with E-state index in [2.05, 4.69) is 0 Å². The summed E-state index contributed by atoms with van der Waals surface area (Å²) in [6.07, 6.45) is -0.526. The van der Waals surface area contributed by atoms with Crippen molar-refractivity contribution in [1.29, 1.82) is 0 Å². The second-order valence-corrected chi connectivity index (χ2v) is 4.12. The second kappa shape index (κ2) is 4.50. The predicted molar refractivity (Wildman–Crippen MR) is 66.4 cm³/mol. The Kier molecular flexibility index (Phi) is 3.07. The third-order valence-electron chi connectivity index (χ3n) is 2.93. The number of aliphatic hydroxyl groups excluding tert-OH is 1. The first-order valence-corrected chi connectivity index (χ1v) is 5.49. The van der Waals surface area contributed by atoms with Crippen LogP contribution >= 0.6 is 0 Å². The molecule has 0 spiro atoms. The van der Waals surface area contributed by atoms with Crippen LogP contribution in [0.1, 0.15) is 28.4 Å². The van der Waals surface area contributed by atoms with Crippen molar-refractivity contribution < 1.29 is 5.11 Å². The molecular formula is C15H16O. The van der Waals surface area contributed by atoms with Gasteiger partial charge in [0.2, 0.25) is 0 Å². The normalized spacial score (nSPS) is 12.4. The maximum absolute atomic E-state index is 10.4. The fourth-order valence-corrected chi connectivity index (χ4v) is 2.06. The first-order chi connectivity index (χ1) is 7.70. The van der Waals surface area contributed by atoms with Crippen LogP contribution in [0.4, 0.5) is 0 Å². The summed E-state index contributed by atoms with van der Waals surface area (Å²) < 4.78 is 0. The molecule has 1 atom stereocenters. The Hall–Kier alpha value is -1.60. The largest absolute Gasteiger partial charge is 0.384 e. The number of hydrogen-bond donors (Lipinski definition) is 1. The van der Waals surface area contributed by atoms with Gasteiger partial charge in [0.05, 0.1) is 0 Å². The van der Waals surface area contributed by atoms with Crippen molar-refractivity contribution in [3.8, 4) is 0 Å². The summed E-state index contributed by atoms with van der Waals surface area (Å²) in [4.78, 5) is 0. The summed E-state index contributed by atoms with van der Waals surface area (Å²) in [6, 6.07) is 15.9. The van der Waals surface area contributed by atoms with Gasteiger partial charge < -0.3 is 5.11 Å². The zero-order chi connectivity index (χ0) is 11.5. The number of aryl methyl sites for hydroxylation is 2. The Bertz CT molecular complexity index is 454. The fraction of sp³-hybridized carbons (Fsp3) is 0.200. The molecule has 0 aromatic heterocycles. The van der Waals surface area contributed by atoms with E-state index in [0.29, 0.717) is 0 Å². The van der Waals surface area contributed by atoms with Crippen LogP contribution in [-0.4, -0.2) is 5.11 Å². The standard InChI is InChI=1S/C15H16O/c1-11-7-6-8-12(2)14(11)15(16)13-9-4-3-5-10-13/h3-10,15-16H,1-2H3. The molecule has 0 aliphatic heterocycles. The molecule has 1 N–H and O–H groups in total.